The van der Waals surface area contributed by atoms with Crippen LogP contribution in [0.4, 0.5) is 5.69 Å². The van der Waals surface area contributed by atoms with Crippen LogP contribution >= 0.6 is 11.3 Å². The Labute approximate surface area is 146 Å². The summed E-state index contributed by atoms with van der Waals surface area (Å²) in [5, 5.41) is 4.75. The second-order valence-electron chi connectivity index (χ2n) is 5.66. The SMILES string of the molecule is CC(C)c1ccccc1NC(=O)[C@H](C)OC(=O)/C=C/c1cccs1. The van der Waals surface area contributed by atoms with E-state index >= 15 is 0 Å². The summed E-state index contributed by atoms with van der Waals surface area (Å²) in [5.74, 6) is -0.600. The molecule has 1 aromatic heterocycles. The van der Waals surface area contributed by atoms with Crippen LogP contribution in [0, 0.1) is 0 Å². The average Bonchev–Trinajstić information content (AvgIpc) is 3.06. The molecule has 24 heavy (non-hydrogen) atoms. The number of benzene rings is 1. The van der Waals surface area contributed by atoms with E-state index < -0.39 is 12.1 Å². The predicted molar refractivity (Wildman–Crippen MR) is 98.1 cm³/mol. The second kappa shape index (κ2) is 8.45. The van der Waals surface area contributed by atoms with Gasteiger partial charge >= 0.3 is 5.97 Å². The van der Waals surface area contributed by atoms with Crippen molar-refractivity contribution >= 4 is 35.0 Å². The van der Waals surface area contributed by atoms with Gasteiger partial charge in [-0.25, -0.2) is 4.79 Å². The molecule has 0 aliphatic rings. The summed E-state index contributed by atoms with van der Waals surface area (Å²) in [6.45, 7) is 5.68. The summed E-state index contributed by atoms with van der Waals surface area (Å²) in [6, 6.07) is 11.4. The number of anilines is 1. The molecule has 0 aliphatic heterocycles. The van der Waals surface area contributed by atoms with Crippen LogP contribution in [-0.4, -0.2) is 18.0 Å². The van der Waals surface area contributed by atoms with E-state index in [0.717, 1.165) is 16.1 Å². The van der Waals surface area contributed by atoms with Crippen molar-refractivity contribution in [3.8, 4) is 0 Å². The summed E-state index contributed by atoms with van der Waals surface area (Å²) >= 11 is 1.52. The third kappa shape index (κ3) is 5.06. The van der Waals surface area contributed by atoms with E-state index in [1.807, 2.05) is 41.8 Å². The highest BCUT2D eigenvalue weighted by Gasteiger charge is 2.18. The second-order valence-corrected chi connectivity index (χ2v) is 6.64. The molecule has 1 atom stereocenters. The molecule has 1 N–H and O–H groups in total. The number of thiophene rings is 1. The van der Waals surface area contributed by atoms with Gasteiger partial charge in [0.1, 0.15) is 0 Å². The van der Waals surface area contributed by atoms with Crippen molar-refractivity contribution in [2.45, 2.75) is 32.8 Å². The summed E-state index contributed by atoms with van der Waals surface area (Å²) in [6.07, 6.45) is 2.13. The minimum Gasteiger partial charge on any atom is -0.449 e. The number of hydrogen-bond acceptors (Lipinski definition) is 4. The van der Waals surface area contributed by atoms with Crippen LogP contribution in [0.5, 0.6) is 0 Å². The van der Waals surface area contributed by atoms with Crippen LogP contribution in [0.1, 0.15) is 37.1 Å². The van der Waals surface area contributed by atoms with Crippen molar-refractivity contribution in [2.24, 2.45) is 0 Å². The van der Waals surface area contributed by atoms with Crippen molar-refractivity contribution in [3.63, 3.8) is 0 Å². The summed E-state index contributed by atoms with van der Waals surface area (Å²) in [5.41, 5.74) is 1.79. The number of amides is 1. The number of nitrogens with one attached hydrogen (secondary N) is 1. The van der Waals surface area contributed by atoms with Gasteiger partial charge in [0.25, 0.3) is 5.91 Å². The number of rotatable bonds is 6. The third-order valence-electron chi connectivity index (χ3n) is 3.43. The van der Waals surface area contributed by atoms with Crippen LogP contribution in [0.15, 0.2) is 47.9 Å². The zero-order valence-electron chi connectivity index (χ0n) is 14.0. The van der Waals surface area contributed by atoms with Crippen molar-refractivity contribution in [1.29, 1.82) is 0 Å². The summed E-state index contributed by atoms with van der Waals surface area (Å²) in [7, 11) is 0. The van der Waals surface area contributed by atoms with Gasteiger partial charge in [-0.2, -0.15) is 0 Å². The lowest BCUT2D eigenvalue weighted by Gasteiger charge is -2.16. The van der Waals surface area contributed by atoms with Crippen molar-refractivity contribution in [1.82, 2.24) is 0 Å². The van der Waals surface area contributed by atoms with Gasteiger partial charge in [0, 0.05) is 16.6 Å². The standard InChI is InChI=1S/C19H21NO3S/c1-13(2)16-8-4-5-9-17(16)20-19(22)14(3)23-18(21)11-10-15-7-6-12-24-15/h4-14H,1-3H3,(H,20,22)/b11-10+/t14-/m0/s1. The molecule has 0 aliphatic carbocycles. The zero-order chi connectivity index (χ0) is 17.5. The molecule has 0 radical (unpaired) electrons. The quantitative estimate of drug-likeness (QED) is 0.622. The van der Waals surface area contributed by atoms with Crippen LogP contribution in [0.3, 0.4) is 0 Å². The highest BCUT2D eigenvalue weighted by molar-refractivity contribution is 7.10. The number of esters is 1. The number of para-hydroxylation sites is 1. The summed E-state index contributed by atoms with van der Waals surface area (Å²) < 4.78 is 5.15. The fourth-order valence-electron chi connectivity index (χ4n) is 2.15. The zero-order valence-corrected chi connectivity index (χ0v) is 14.8. The fourth-order valence-corrected chi connectivity index (χ4v) is 2.77. The van der Waals surface area contributed by atoms with Gasteiger partial charge in [-0.1, -0.05) is 38.1 Å². The normalized spacial score (nSPS) is 12.3. The molecule has 0 saturated heterocycles. The molecular weight excluding hydrogens is 322 g/mol. The van der Waals surface area contributed by atoms with Crippen molar-refractivity contribution in [3.05, 3.63) is 58.3 Å². The van der Waals surface area contributed by atoms with E-state index in [1.54, 1.807) is 13.0 Å². The van der Waals surface area contributed by atoms with E-state index in [2.05, 4.69) is 19.2 Å². The van der Waals surface area contributed by atoms with Gasteiger partial charge in [0.2, 0.25) is 0 Å². The maximum absolute atomic E-state index is 12.2. The van der Waals surface area contributed by atoms with E-state index in [0.29, 0.717) is 0 Å². The van der Waals surface area contributed by atoms with Crippen molar-refractivity contribution in [2.75, 3.05) is 5.32 Å². The van der Waals surface area contributed by atoms with E-state index in [4.69, 9.17) is 4.74 Å². The molecule has 2 aromatic rings. The van der Waals surface area contributed by atoms with Crippen LogP contribution in [0.2, 0.25) is 0 Å². The minimum absolute atomic E-state index is 0.285. The van der Waals surface area contributed by atoms with Crippen molar-refractivity contribution < 1.29 is 14.3 Å². The Kier molecular flexibility index (Phi) is 6.32. The molecule has 1 aromatic carbocycles. The van der Waals surface area contributed by atoms with Gasteiger partial charge in [-0.05, 0) is 42.0 Å². The number of carbonyl (C=O) groups excluding carboxylic acids is 2. The average molecular weight is 343 g/mol. The monoisotopic (exact) mass is 343 g/mol. The Bertz CT molecular complexity index is 720. The molecule has 1 heterocycles. The number of hydrogen-bond donors (Lipinski definition) is 1. The predicted octanol–water partition coefficient (Wildman–Crippen LogP) is 4.46. The number of ether oxygens (including phenoxy) is 1. The lowest BCUT2D eigenvalue weighted by molar-refractivity contribution is -0.148. The van der Waals surface area contributed by atoms with E-state index in [9.17, 15) is 9.59 Å². The van der Waals surface area contributed by atoms with Gasteiger partial charge in [0.15, 0.2) is 6.10 Å². The van der Waals surface area contributed by atoms with Gasteiger partial charge in [-0.15, -0.1) is 11.3 Å². The first kappa shape index (κ1) is 17.9. The Morgan fingerprint density at radius 3 is 2.54 bits per heavy atom. The third-order valence-corrected chi connectivity index (χ3v) is 4.27. The lowest BCUT2D eigenvalue weighted by atomic mass is 10.0. The highest BCUT2D eigenvalue weighted by atomic mass is 32.1. The molecule has 0 saturated carbocycles. The van der Waals surface area contributed by atoms with Crippen LogP contribution in [-0.2, 0) is 14.3 Å². The van der Waals surface area contributed by atoms with Crippen LogP contribution in [0.25, 0.3) is 6.08 Å². The molecule has 126 valence electrons. The molecule has 5 heteroatoms. The molecule has 0 unspecified atom stereocenters. The molecular formula is C19H21NO3S. The first-order valence-corrected chi connectivity index (χ1v) is 8.67. The molecule has 0 spiro atoms. The molecule has 0 fully saturated rings. The fraction of sp³-hybridized carbons (Fsp3) is 0.263. The first-order valence-electron chi connectivity index (χ1n) is 7.79. The van der Waals surface area contributed by atoms with Gasteiger partial charge in [0.05, 0.1) is 0 Å². The highest BCUT2D eigenvalue weighted by Crippen LogP contribution is 2.23. The van der Waals surface area contributed by atoms with Gasteiger partial charge in [-0.3, -0.25) is 4.79 Å². The Hall–Kier alpha value is -2.40. The Morgan fingerprint density at radius 2 is 1.88 bits per heavy atom. The van der Waals surface area contributed by atoms with E-state index in [1.165, 1.54) is 17.4 Å². The molecule has 4 nitrogen and oxygen atoms in total. The lowest BCUT2D eigenvalue weighted by Crippen LogP contribution is -2.29. The number of carbonyl (C=O) groups is 2. The summed E-state index contributed by atoms with van der Waals surface area (Å²) in [4.78, 5) is 25.0. The van der Waals surface area contributed by atoms with Crippen LogP contribution < -0.4 is 5.32 Å². The maximum atomic E-state index is 12.2. The molecule has 1 amide bonds. The Morgan fingerprint density at radius 1 is 1.12 bits per heavy atom. The Balaban J connectivity index is 1.94. The smallest absolute Gasteiger partial charge is 0.331 e. The molecule has 2 rings (SSSR count). The topological polar surface area (TPSA) is 55.4 Å². The van der Waals surface area contributed by atoms with Gasteiger partial charge < -0.3 is 10.1 Å². The largest absolute Gasteiger partial charge is 0.449 e. The maximum Gasteiger partial charge on any atom is 0.331 e. The first-order chi connectivity index (χ1) is 11.5. The minimum atomic E-state index is -0.870. The van der Waals surface area contributed by atoms with E-state index in [-0.39, 0.29) is 11.8 Å². The molecule has 0 bridgehead atoms.